The summed E-state index contributed by atoms with van der Waals surface area (Å²) in [5.74, 6) is 0. The zero-order valence-corrected chi connectivity index (χ0v) is 12.1. The SMILES string of the molecule is O=S(=O)(NCC1(CO)CCCC1)c1cnc(Cl)s1. The molecule has 102 valence electrons. The van der Waals surface area contributed by atoms with E-state index in [1.54, 1.807) is 0 Å². The monoisotopic (exact) mass is 310 g/mol. The second-order valence-electron chi connectivity index (χ2n) is 4.62. The average molecular weight is 311 g/mol. The first-order valence-corrected chi connectivity index (χ1v) is 8.37. The number of rotatable bonds is 5. The van der Waals surface area contributed by atoms with E-state index >= 15 is 0 Å². The minimum absolute atomic E-state index is 0.0129. The molecule has 2 N–H and O–H groups in total. The van der Waals surface area contributed by atoms with Gasteiger partial charge in [0.2, 0.25) is 0 Å². The Morgan fingerprint density at radius 2 is 2.17 bits per heavy atom. The molecular formula is C10H15ClN2O3S2. The van der Waals surface area contributed by atoms with Crippen LogP contribution in [0.1, 0.15) is 25.7 Å². The van der Waals surface area contributed by atoms with Gasteiger partial charge in [-0.05, 0) is 12.8 Å². The van der Waals surface area contributed by atoms with Crippen LogP contribution < -0.4 is 4.72 Å². The highest BCUT2D eigenvalue weighted by Gasteiger charge is 2.34. The van der Waals surface area contributed by atoms with Crippen LogP contribution in [0.25, 0.3) is 0 Å². The van der Waals surface area contributed by atoms with Gasteiger partial charge in [-0.3, -0.25) is 0 Å². The minimum atomic E-state index is -3.56. The maximum absolute atomic E-state index is 12.0. The van der Waals surface area contributed by atoms with E-state index in [1.165, 1.54) is 6.20 Å². The fraction of sp³-hybridized carbons (Fsp3) is 0.700. The number of hydrogen-bond donors (Lipinski definition) is 2. The molecule has 1 heterocycles. The van der Waals surface area contributed by atoms with E-state index < -0.39 is 10.0 Å². The highest BCUT2D eigenvalue weighted by Crippen LogP contribution is 2.37. The van der Waals surface area contributed by atoms with Crippen molar-refractivity contribution in [2.75, 3.05) is 13.2 Å². The molecule has 1 fully saturated rings. The third-order valence-electron chi connectivity index (χ3n) is 3.36. The average Bonchev–Trinajstić information content (AvgIpc) is 2.96. The second kappa shape index (κ2) is 5.42. The van der Waals surface area contributed by atoms with Crippen molar-refractivity contribution in [3.05, 3.63) is 10.7 Å². The van der Waals surface area contributed by atoms with Crippen molar-refractivity contribution >= 4 is 33.0 Å². The maximum Gasteiger partial charge on any atom is 0.251 e. The molecule has 0 unspecified atom stereocenters. The van der Waals surface area contributed by atoms with Crippen molar-refractivity contribution in [2.24, 2.45) is 5.41 Å². The van der Waals surface area contributed by atoms with E-state index in [-0.39, 0.29) is 27.2 Å². The van der Waals surface area contributed by atoms with Gasteiger partial charge in [-0.1, -0.05) is 35.8 Å². The first-order chi connectivity index (χ1) is 8.47. The Balaban J connectivity index is 2.05. The molecule has 1 saturated carbocycles. The molecule has 1 aliphatic carbocycles. The summed E-state index contributed by atoms with van der Waals surface area (Å²) < 4.78 is 26.8. The fourth-order valence-electron chi connectivity index (χ4n) is 2.20. The molecule has 0 bridgehead atoms. The molecule has 2 rings (SSSR count). The topological polar surface area (TPSA) is 79.3 Å². The largest absolute Gasteiger partial charge is 0.396 e. The van der Waals surface area contributed by atoms with Crippen LogP contribution in [0.15, 0.2) is 10.4 Å². The van der Waals surface area contributed by atoms with Crippen molar-refractivity contribution in [1.29, 1.82) is 0 Å². The first-order valence-electron chi connectivity index (χ1n) is 5.69. The zero-order chi connectivity index (χ0) is 13.2. The molecular weight excluding hydrogens is 296 g/mol. The zero-order valence-electron chi connectivity index (χ0n) is 9.73. The van der Waals surface area contributed by atoms with Crippen molar-refractivity contribution in [3.63, 3.8) is 0 Å². The number of aromatic nitrogens is 1. The Bertz CT molecular complexity index is 509. The van der Waals surface area contributed by atoms with Crippen LogP contribution in [-0.4, -0.2) is 31.7 Å². The lowest BCUT2D eigenvalue weighted by Gasteiger charge is -2.26. The summed E-state index contributed by atoms with van der Waals surface area (Å²) in [5, 5.41) is 9.42. The number of aliphatic hydroxyl groups excluding tert-OH is 1. The lowest BCUT2D eigenvalue weighted by molar-refractivity contribution is 0.134. The van der Waals surface area contributed by atoms with Crippen LogP contribution in [-0.2, 0) is 10.0 Å². The normalized spacial score (nSPS) is 19.2. The molecule has 0 spiro atoms. The minimum Gasteiger partial charge on any atom is -0.396 e. The molecule has 0 saturated heterocycles. The molecule has 0 radical (unpaired) electrons. The van der Waals surface area contributed by atoms with Gasteiger partial charge in [0.25, 0.3) is 10.0 Å². The van der Waals surface area contributed by atoms with Crippen LogP contribution in [0, 0.1) is 5.41 Å². The predicted octanol–water partition coefficient (Wildman–Crippen LogP) is 1.63. The molecule has 0 atom stereocenters. The quantitative estimate of drug-likeness (QED) is 0.866. The molecule has 18 heavy (non-hydrogen) atoms. The van der Waals surface area contributed by atoms with Gasteiger partial charge in [0.1, 0.15) is 0 Å². The summed E-state index contributed by atoms with van der Waals surface area (Å²) >= 11 is 6.55. The molecule has 0 aromatic carbocycles. The summed E-state index contributed by atoms with van der Waals surface area (Å²) in [6.45, 7) is 0.278. The first kappa shape index (κ1) is 14.2. The van der Waals surface area contributed by atoms with Gasteiger partial charge >= 0.3 is 0 Å². The fourth-order valence-corrected chi connectivity index (χ4v) is 4.69. The van der Waals surface area contributed by atoms with Crippen molar-refractivity contribution < 1.29 is 13.5 Å². The Morgan fingerprint density at radius 3 is 2.67 bits per heavy atom. The third kappa shape index (κ3) is 3.03. The highest BCUT2D eigenvalue weighted by molar-refractivity contribution is 7.91. The molecule has 1 aliphatic rings. The number of halogens is 1. The standard InChI is InChI=1S/C10H15ClN2O3S2/c11-9-12-5-8(17-9)18(15,16)13-6-10(7-14)3-1-2-4-10/h5,13-14H,1-4,6-7H2. The number of nitrogens with one attached hydrogen (secondary N) is 1. The van der Waals surface area contributed by atoms with E-state index in [0.717, 1.165) is 37.0 Å². The summed E-state index contributed by atoms with van der Waals surface area (Å²) in [4.78, 5) is 3.72. The van der Waals surface area contributed by atoms with Crippen molar-refractivity contribution in [3.8, 4) is 0 Å². The molecule has 0 amide bonds. The van der Waals surface area contributed by atoms with Crippen molar-refractivity contribution in [2.45, 2.75) is 29.9 Å². The van der Waals surface area contributed by atoms with Crippen LogP contribution in [0.2, 0.25) is 4.47 Å². The van der Waals surface area contributed by atoms with Gasteiger partial charge in [0, 0.05) is 18.6 Å². The summed E-state index contributed by atoms with van der Waals surface area (Å²) in [7, 11) is -3.56. The maximum atomic E-state index is 12.0. The Kier molecular flexibility index (Phi) is 4.28. The van der Waals surface area contributed by atoms with E-state index in [9.17, 15) is 13.5 Å². The predicted molar refractivity (Wildman–Crippen MR) is 70.3 cm³/mol. The van der Waals surface area contributed by atoms with Crippen LogP contribution in [0.4, 0.5) is 0 Å². The number of thiazole rings is 1. The summed E-state index contributed by atoms with van der Waals surface area (Å²) in [5.41, 5.74) is -0.304. The van der Waals surface area contributed by atoms with E-state index in [2.05, 4.69) is 9.71 Å². The Morgan fingerprint density at radius 1 is 1.50 bits per heavy atom. The molecule has 8 heteroatoms. The van der Waals surface area contributed by atoms with Crippen LogP contribution >= 0.6 is 22.9 Å². The number of aliphatic hydroxyl groups is 1. The van der Waals surface area contributed by atoms with Gasteiger partial charge in [0.05, 0.1) is 6.20 Å². The van der Waals surface area contributed by atoms with Crippen molar-refractivity contribution in [1.82, 2.24) is 9.71 Å². The Labute approximate surface area is 115 Å². The summed E-state index contributed by atoms with van der Waals surface area (Å²) in [6, 6.07) is 0. The molecule has 1 aromatic rings. The van der Waals surface area contributed by atoms with Gasteiger partial charge in [-0.25, -0.2) is 18.1 Å². The molecule has 0 aliphatic heterocycles. The van der Waals surface area contributed by atoms with Gasteiger partial charge in [0.15, 0.2) is 8.68 Å². The number of sulfonamides is 1. The van der Waals surface area contributed by atoms with Gasteiger partial charge in [-0.2, -0.15) is 0 Å². The third-order valence-corrected chi connectivity index (χ3v) is 6.34. The smallest absolute Gasteiger partial charge is 0.251 e. The molecule has 1 aromatic heterocycles. The Hall–Kier alpha value is -0.210. The van der Waals surface area contributed by atoms with Gasteiger partial charge < -0.3 is 5.11 Å². The molecule has 5 nitrogen and oxygen atoms in total. The lowest BCUT2D eigenvalue weighted by atomic mass is 9.88. The van der Waals surface area contributed by atoms with E-state index in [0.29, 0.717) is 0 Å². The lowest BCUT2D eigenvalue weighted by Crippen LogP contribution is -2.38. The summed E-state index contributed by atoms with van der Waals surface area (Å²) in [6.07, 6.45) is 5.03. The van der Waals surface area contributed by atoms with Crippen LogP contribution in [0.3, 0.4) is 0 Å². The number of nitrogens with zero attached hydrogens (tertiary/aromatic N) is 1. The van der Waals surface area contributed by atoms with E-state index in [1.807, 2.05) is 0 Å². The highest BCUT2D eigenvalue weighted by atomic mass is 35.5. The van der Waals surface area contributed by atoms with Gasteiger partial charge in [-0.15, -0.1) is 0 Å². The van der Waals surface area contributed by atoms with E-state index in [4.69, 9.17) is 11.6 Å². The second-order valence-corrected chi connectivity index (χ2v) is 8.23. The van der Waals surface area contributed by atoms with Crippen LogP contribution in [0.5, 0.6) is 0 Å². The number of hydrogen-bond acceptors (Lipinski definition) is 5.